The molecular weight excluding hydrogens is 518 g/mol. The number of ether oxygens (including phenoxy) is 1. The first-order valence-corrected chi connectivity index (χ1v) is 11.5. The lowest BCUT2D eigenvalue weighted by Crippen LogP contribution is -2.55. The van der Waals surface area contributed by atoms with Gasteiger partial charge in [-0.2, -0.15) is 5.10 Å². The number of nitrogens with one attached hydrogen (secondary N) is 1. The highest BCUT2D eigenvalue weighted by Crippen LogP contribution is 2.54. The molecule has 1 N–H and O–H groups in total. The second-order valence-electron chi connectivity index (χ2n) is 7.14. The molecule has 5 nitrogen and oxygen atoms in total. The molecule has 0 aliphatic carbocycles. The highest BCUT2D eigenvalue weighted by molar-refractivity contribution is 9.11. The molecule has 29 heavy (non-hydrogen) atoms. The Morgan fingerprint density at radius 2 is 2.03 bits per heavy atom. The van der Waals surface area contributed by atoms with Gasteiger partial charge < -0.3 is 10.1 Å². The lowest BCUT2D eigenvalue weighted by atomic mass is 9.93. The molecule has 1 spiro atoms. The number of benzene rings is 2. The smallest absolute Gasteiger partial charge is 0.306 e. The van der Waals surface area contributed by atoms with Crippen molar-refractivity contribution in [3.63, 3.8) is 0 Å². The van der Waals surface area contributed by atoms with Crippen LogP contribution in [0.2, 0.25) is 0 Å². The summed E-state index contributed by atoms with van der Waals surface area (Å²) in [5.74, 6) is 0.503. The molecule has 0 saturated carbocycles. The number of thiophene rings is 1. The monoisotopic (exact) mass is 529 g/mol. The summed E-state index contributed by atoms with van der Waals surface area (Å²) in [7, 11) is 0. The van der Waals surface area contributed by atoms with E-state index in [0.717, 1.165) is 41.4 Å². The Hall–Kier alpha value is -2.16. The molecule has 0 fully saturated rings. The maximum atomic E-state index is 13.4. The van der Waals surface area contributed by atoms with Crippen molar-refractivity contribution in [1.82, 2.24) is 5.01 Å². The van der Waals surface area contributed by atoms with Crippen molar-refractivity contribution in [2.45, 2.75) is 18.2 Å². The van der Waals surface area contributed by atoms with Gasteiger partial charge in [-0.25, -0.2) is 5.01 Å². The van der Waals surface area contributed by atoms with Crippen molar-refractivity contribution >= 4 is 60.5 Å². The molecule has 0 radical (unpaired) electrons. The summed E-state index contributed by atoms with van der Waals surface area (Å²) >= 11 is 8.72. The van der Waals surface area contributed by atoms with E-state index < -0.39 is 5.72 Å². The van der Waals surface area contributed by atoms with Crippen molar-refractivity contribution in [3.05, 3.63) is 78.9 Å². The summed E-state index contributed by atoms with van der Waals surface area (Å²) in [4.78, 5) is 14.4. The van der Waals surface area contributed by atoms with Crippen LogP contribution in [0.5, 0.6) is 5.75 Å². The third kappa shape index (κ3) is 2.42. The zero-order chi connectivity index (χ0) is 19.8. The minimum Gasteiger partial charge on any atom is -0.453 e. The van der Waals surface area contributed by atoms with Crippen LogP contribution in [0.4, 0.5) is 5.69 Å². The van der Waals surface area contributed by atoms with Crippen LogP contribution >= 0.6 is 43.2 Å². The molecule has 3 aliphatic rings. The molecule has 6 rings (SSSR count). The van der Waals surface area contributed by atoms with Gasteiger partial charge in [0, 0.05) is 16.5 Å². The van der Waals surface area contributed by atoms with Gasteiger partial charge in [0.05, 0.1) is 31.7 Å². The molecule has 8 heteroatoms. The Morgan fingerprint density at radius 3 is 2.86 bits per heavy atom. The second-order valence-corrected chi connectivity index (χ2v) is 10.5. The number of hydrogen-bond donors (Lipinski definition) is 1. The molecule has 0 unspecified atom stereocenters. The van der Waals surface area contributed by atoms with Crippen LogP contribution in [0.1, 0.15) is 28.5 Å². The van der Waals surface area contributed by atoms with Crippen LogP contribution in [0, 0.1) is 0 Å². The van der Waals surface area contributed by atoms with Crippen LogP contribution in [-0.4, -0.2) is 16.6 Å². The Bertz CT molecular complexity index is 1220. The van der Waals surface area contributed by atoms with Crippen LogP contribution in [-0.2, 0) is 10.5 Å². The number of hydrogen-bond acceptors (Lipinski definition) is 5. The average Bonchev–Trinajstić information content (AvgIpc) is 3.40. The molecule has 2 atom stereocenters. The Morgan fingerprint density at radius 1 is 1.17 bits per heavy atom. The van der Waals surface area contributed by atoms with E-state index in [-0.39, 0.29) is 11.9 Å². The van der Waals surface area contributed by atoms with Gasteiger partial charge in [0.1, 0.15) is 5.75 Å². The van der Waals surface area contributed by atoms with Crippen molar-refractivity contribution in [2.24, 2.45) is 5.10 Å². The number of carbonyl (C=O) groups is 1. The number of rotatable bonds is 1. The van der Waals surface area contributed by atoms with Crippen LogP contribution < -0.4 is 10.1 Å². The fourth-order valence-corrected chi connectivity index (χ4v) is 6.02. The maximum absolute atomic E-state index is 13.4. The summed E-state index contributed by atoms with van der Waals surface area (Å²) in [6.45, 7) is 0. The van der Waals surface area contributed by atoms with Crippen molar-refractivity contribution in [1.29, 1.82) is 0 Å². The van der Waals surface area contributed by atoms with E-state index in [4.69, 9.17) is 9.84 Å². The lowest BCUT2D eigenvalue weighted by Gasteiger charge is -2.44. The topological polar surface area (TPSA) is 53.9 Å². The molecule has 3 aromatic rings. The highest BCUT2D eigenvalue weighted by Gasteiger charge is 2.60. The SMILES string of the molecule is O=C1Nc2ccc(Br)cc2[C@@]12Oc1ccccc1[C@@H]1CC(c3ccc(Br)s3)=NN12. The van der Waals surface area contributed by atoms with E-state index in [1.165, 1.54) is 0 Å². The minimum absolute atomic E-state index is 0.0773. The molecular formula is C21H13Br2N3O2S. The number of amides is 1. The highest BCUT2D eigenvalue weighted by atomic mass is 79.9. The van der Waals surface area contributed by atoms with Crippen LogP contribution in [0.25, 0.3) is 0 Å². The maximum Gasteiger partial charge on any atom is 0.306 e. The van der Waals surface area contributed by atoms with Gasteiger partial charge in [-0.05, 0) is 52.3 Å². The van der Waals surface area contributed by atoms with Crippen LogP contribution in [0.15, 0.2) is 68.0 Å². The van der Waals surface area contributed by atoms with Gasteiger partial charge in [0.2, 0.25) is 0 Å². The number of nitrogens with zero attached hydrogens (tertiary/aromatic N) is 2. The first-order valence-electron chi connectivity index (χ1n) is 9.08. The molecule has 3 aliphatic heterocycles. The summed E-state index contributed by atoms with van der Waals surface area (Å²) < 4.78 is 8.40. The predicted molar refractivity (Wildman–Crippen MR) is 119 cm³/mol. The minimum atomic E-state index is -1.33. The lowest BCUT2D eigenvalue weighted by molar-refractivity contribution is -0.161. The number of anilines is 1. The van der Waals surface area contributed by atoms with Crippen molar-refractivity contribution < 1.29 is 9.53 Å². The number of carbonyl (C=O) groups excluding carboxylic acids is 1. The van der Waals surface area contributed by atoms with E-state index >= 15 is 0 Å². The first-order chi connectivity index (χ1) is 14.1. The molecule has 4 heterocycles. The van der Waals surface area contributed by atoms with Crippen molar-refractivity contribution in [3.8, 4) is 5.75 Å². The fraction of sp³-hybridized carbons (Fsp3) is 0.143. The van der Waals surface area contributed by atoms with E-state index in [2.05, 4.69) is 49.3 Å². The molecule has 1 amide bonds. The zero-order valence-electron chi connectivity index (χ0n) is 14.9. The van der Waals surface area contributed by atoms with E-state index in [1.54, 1.807) is 11.3 Å². The van der Waals surface area contributed by atoms with E-state index in [9.17, 15) is 4.79 Å². The number of fused-ring (bicyclic) bond motifs is 6. The normalized spacial score (nSPS) is 23.9. The van der Waals surface area contributed by atoms with E-state index in [1.807, 2.05) is 47.5 Å². The van der Waals surface area contributed by atoms with Gasteiger partial charge in [0.15, 0.2) is 0 Å². The zero-order valence-corrected chi connectivity index (χ0v) is 18.8. The Balaban J connectivity index is 1.59. The van der Waals surface area contributed by atoms with Gasteiger partial charge in [-0.15, -0.1) is 11.3 Å². The van der Waals surface area contributed by atoms with Gasteiger partial charge in [0.25, 0.3) is 5.91 Å². The standard InChI is InChI=1S/C21H13Br2N3O2S/c22-11-5-6-14-13(9-11)21(20(27)24-14)26-16(12-3-1-2-4-17(12)28-21)10-15(25-26)18-7-8-19(23)29-18/h1-9,16H,10H2,(H,24,27)/t16-,21+/m0/s1. The van der Waals surface area contributed by atoms with E-state index in [0.29, 0.717) is 6.42 Å². The summed E-state index contributed by atoms with van der Waals surface area (Å²) in [6.07, 6.45) is 0.714. The fourth-order valence-electron chi connectivity index (χ4n) is 4.28. The second kappa shape index (κ2) is 6.17. The quantitative estimate of drug-likeness (QED) is 0.444. The number of hydrazone groups is 1. The van der Waals surface area contributed by atoms with Crippen molar-refractivity contribution in [2.75, 3.05) is 5.32 Å². The molecule has 2 aromatic carbocycles. The summed E-state index contributed by atoms with van der Waals surface area (Å²) in [5.41, 5.74) is 2.20. The summed E-state index contributed by atoms with van der Waals surface area (Å²) in [6, 6.07) is 17.7. The third-order valence-electron chi connectivity index (χ3n) is 5.53. The van der Waals surface area contributed by atoms with Gasteiger partial charge in [-0.1, -0.05) is 34.1 Å². The first kappa shape index (κ1) is 17.7. The Labute approximate surface area is 187 Å². The predicted octanol–water partition coefficient (Wildman–Crippen LogP) is 5.62. The number of halogens is 2. The Kier molecular flexibility index (Phi) is 3.76. The average molecular weight is 531 g/mol. The molecule has 0 saturated heterocycles. The molecule has 144 valence electrons. The molecule has 0 bridgehead atoms. The third-order valence-corrected chi connectivity index (χ3v) is 7.69. The number of para-hydroxylation sites is 1. The van der Waals surface area contributed by atoms with Gasteiger partial charge >= 0.3 is 5.72 Å². The summed E-state index contributed by atoms with van der Waals surface area (Å²) in [5, 5.41) is 9.78. The largest absolute Gasteiger partial charge is 0.453 e. The van der Waals surface area contributed by atoms with Crippen LogP contribution in [0.3, 0.4) is 0 Å². The molecule has 1 aromatic heterocycles. The van der Waals surface area contributed by atoms with Gasteiger partial charge in [-0.3, -0.25) is 4.79 Å².